The average Bonchev–Trinajstić information content (AvgIpc) is 2.87. The smallest absolute Gasteiger partial charge is 0.0754 e. The number of halogens is 1. The molecule has 1 atom stereocenters. The van der Waals surface area contributed by atoms with Crippen LogP contribution in [0, 0.1) is 0 Å². The van der Waals surface area contributed by atoms with Crippen molar-refractivity contribution in [3.8, 4) is 0 Å². The first-order chi connectivity index (χ1) is 10.2. The molecule has 1 unspecified atom stereocenters. The van der Waals surface area contributed by atoms with Crippen LogP contribution in [0.2, 0.25) is 5.02 Å². The lowest BCUT2D eigenvalue weighted by atomic mass is 9.93. The molecule has 1 aromatic heterocycles. The Labute approximate surface area is 129 Å². The van der Waals surface area contributed by atoms with Gasteiger partial charge in [-0.3, -0.25) is 4.90 Å². The first kappa shape index (κ1) is 12.9. The maximum Gasteiger partial charge on any atom is 0.0754 e. The van der Waals surface area contributed by atoms with Gasteiger partial charge in [-0.15, -0.1) is 0 Å². The van der Waals surface area contributed by atoms with Gasteiger partial charge in [0.1, 0.15) is 0 Å². The molecule has 106 valence electrons. The summed E-state index contributed by atoms with van der Waals surface area (Å²) in [6.07, 6.45) is 1.10. The molecule has 1 aliphatic heterocycles. The lowest BCUT2D eigenvalue weighted by Gasteiger charge is -2.33. The Morgan fingerprint density at radius 3 is 2.67 bits per heavy atom. The van der Waals surface area contributed by atoms with Gasteiger partial charge in [0.25, 0.3) is 0 Å². The number of benzene rings is 2. The molecule has 2 aromatic carbocycles. The first-order valence-corrected chi connectivity index (χ1v) is 7.67. The van der Waals surface area contributed by atoms with Crippen molar-refractivity contribution >= 4 is 22.5 Å². The van der Waals surface area contributed by atoms with Gasteiger partial charge in [-0.1, -0.05) is 41.9 Å². The fourth-order valence-electron chi connectivity index (χ4n) is 3.43. The summed E-state index contributed by atoms with van der Waals surface area (Å²) in [6.45, 7) is 1.07. The van der Waals surface area contributed by atoms with Gasteiger partial charge in [0, 0.05) is 28.2 Å². The fourth-order valence-corrected chi connectivity index (χ4v) is 3.55. The number of rotatable bonds is 1. The Hall–Kier alpha value is -1.77. The third-order valence-electron chi connectivity index (χ3n) is 4.46. The number of aromatic nitrogens is 1. The normalized spacial score (nSPS) is 18.9. The van der Waals surface area contributed by atoms with E-state index < -0.39 is 0 Å². The van der Waals surface area contributed by atoms with Crippen LogP contribution >= 0.6 is 11.6 Å². The maximum atomic E-state index is 6.03. The monoisotopic (exact) mass is 296 g/mol. The van der Waals surface area contributed by atoms with Gasteiger partial charge in [-0.25, -0.2) is 0 Å². The predicted octanol–water partition coefficient (Wildman–Crippen LogP) is 4.40. The van der Waals surface area contributed by atoms with E-state index in [9.17, 15) is 0 Å². The number of fused-ring (bicyclic) bond motifs is 3. The van der Waals surface area contributed by atoms with Gasteiger partial charge in [-0.05, 0) is 42.8 Å². The molecule has 21 heavy (non-hydrogen) atoms. The molecule has 0 amide bonds. The highest BCUT2D eigenvalue weighted by molar-refractivity contribution is 6.30. The zero-order chi connectivity index (χ0) is 14.4. The molecular formula is C18H17ClN2. The van der Waals surface area contributed by atoms with Crippen LogP contribution in [-0.2, 0) is 6.42 Å². The number of para-hydroxylation sites is 1. The zero-order valence-electron chi connectivity index (χ0n) is 11.9. The van der Waals surface area contributed by atoms with Gasteiger partial charge in [-0.2, -0.15) is 0 Å². The first-order valence-electron chi connectivity index (χ1n) is 7.29. The summed E-state index contributed by atoms with van der Waals surface area (Å²) in [4.78, 5) is 6.04. The Morgan fingerprint density at radius 1 is 1.10 bits per heavy atom. The fraction of sp³-hybridized carbons (Fsp3) is 0.222. The number of hydrogen-bond acceptors (Lipinski definition) is 1. The molecule has 0 spiro atoms. The van der Waals surface area contributed by atoms with Crippen LogP contribution in [0.4, 0.5) is 0 Å². The SMILES string of the molecule is CN1CCc2c([nH]c3ccccc23)C1c1ccc(Cl)cc1. The quantitative estimate of drug-likeness (QED) is 0.705. The van der Waals surface area contributed by atoms with Gasteiger partial charge < -0.3 is 4.98 Å². The van der Waals surface area contributed by atoms with Crippen molar-refractivity contribution in [2.24, 2.45) is 0 Å². The molecule has 2 heterocycles. The third kappa shape index (κ3) is 2.06. The van der Waals surface area contributed by atoms with Crippen LogP contribution in [0.5, 0.6) is 0 Å². The van der Waals surface area contributed by atoms with Gasteiger partial charge >= 0.3 is 0 Å². The Morgan fingerprint density at radius 2 is 1.86 bits per heavy atom. The number of nitrogens with zero attached hydrogens (tertiary/aromatic N) is 1. The van der Waals surface area contributed by atoms with Crippen molar-refractivity contribution in [3.63, 3.8) is 0 Å². The summed E-state index contributed by atoms with van der Waals surface area (Å²) < 4.78 is 0. The molecular weight excluding hydrogens is 280 g/mol. The summed E-state index contributed by atoms with van der Waals surface area (Å²) in [5, 5.41) is 2.15. The molecule has 0 saturated carbocycles. The van der Waals surface area contributed by atoms with E-state index in [2.05, 4.69) is 53.3 Å². The highest BCUT2D eigenvalue weighted by Gasteiger charge is 2.29. The molecule has 4 rings (SSSR count). The number of H-pyrrole nitrogens is 1. The molecule has 3 heteroatoms. The van der Waals surface area contributed by atoms with Crippen LogP contribution in [0.1, 0.15) is 22.9 Å². The van der Waals surface area contributed by atoms with Crippen LogP contribution in [0.15, 0.2) is 48.5 Å². The lowest BCUT2D eigenvalue weighted by molar-refractivity contribution is 0.261. The minimum Gasteiger partial charge on any atom is -0.357 e. The van der Waals surface area contributed by atoms with Crippen molar-refractivity contribution in [1.82, 2.24) is 9.88 Å². The van der Waals surface area contributed by atoms with E-state index in [1.54, 1.807) is 0 Å². The molecule has 0 saturated heterocycles. The van der Waals surface area contributed by atoms with Gasteiger partial charge in [0.2, 0.25) is 0 Å². The topological polar surface area (TPSA) is 19.0 Å². The van der Waals surface area contributed by atoms with Crippen LogP contribution in [-0.4, -0.2) is 23.5 Å². The van der Waals surface area contributed by atoms with E-state index in [0.717, 1.165) is 18.0 Å². The lowest BCUT2D eigenvalue weighted by Crippen LogP contribution is -2.32. The van der Waals surface area contributed by atoms with Gasteiger partial charge in [0.05, 0.1) is 6.04 Å². The van der Waals surface area contributed by atoms with E-state index in [4.69, 9.17) is 11.6 Å². The maximum absolute atomic E-state index is 6.03. The highest BCUT2D eigenvalue weighted by Crippen LogP contribution is 2.37. The van der Waals surface area contributed by atoms with Crippen molar-refractivity contribution < 1.29 is 0 Å². The molecule has 0 aliphatic carbocycles. The Kier molecular flexibility index (Phi) is 3.02. The van der Waals surface area contributed by atoms with E-state index in [0.29, 0.717) is 0 Å². The number of aromatic amines is 1. The predicted molar refractivity (Wildman–Crippen MR) is 87.9 cm³/mol. The zero-order valence-corrected chi connectivity index (χ0v) is 12.7. The number of hydrogen-bond donors (Lipinski definition) is 1. The summed E-state index contributed by atoms with van der Waals surface area (Å²) in [5.41, 5.74) is 5.31. The minimum absolute atomic E-state index is 0.276. The van der Waals surface area contributed by atoms with E-state index in [-0.39, 0.29) is 6.04 Å². The van der Waals surface area contributed by atoms with Gasteiger partial charge in [0.15, 0.2) is 0 Å². The van der Waals surface area contributed by atoms with Crippen molar-refractivity contribution in [3.05, 3.63) is 70.4 Å². The second kappa shape index (κ2) is 4.90. The molecule has 0 bridgehead atoms. The molecule has 1 aliphatic rings. The largest absolute Gasteiger partial charge is 0.357 e. The van der Waals surface area contributed by atoms with Crippen molar-refractivity contribution in [2.45, 2.75) is 12.5 Å². The molecule has 1 N–H and O–H groups in total. The summed E-state index contributed by atoms with van der Waals surface area (Å²) >= 11 is 6.03. The third-order valence-corrected chi connectivity index (χ3v) is 4.71. The van der Waals surface area contributed by atoms with E-state index >= 15 is 0 Å². The minimum atomic E-state index is 0.276. The van der Waals surface area contributed by atoms with E-state index in [1.807, 2.05) is 12.1 Å². The number of nitrogens with one attached hydrogen (secondary N) is 1. The highest BCUT2D eigenvalue weighted by atomic mass is 35.5. The average molecular weight is 297 g/mol. The molecule has 0 radical (unpaired) electrons. The van der Waals surface area contributed by atoms with E-state index in [1.165, 1.54) is 27.7 Å². The number of likely N-dealkylation sites (N-methyl/N-ethyl adjacent to an activating group) is 1. The van der Waals surface area contributed by atoms with Crippen LogP contribution in [0.3, 0.4) is 0 Å². The standard InChI is InChI=1S/C18H17ClN2/c1-21-11-10-15-14-4-2-3-5-16(14)20-17(15)18(21)12-6-8-13(19)9-7-12/h2-9,18,20H,10-11H2,1H3. The Balaban J connectivity index is 1.90. The Bertz CT molecular complexity index is 789. The molecule has 3 aromatic rings. The van der Waals surface area contributed by atoms with Crippen molar-refractivity contribution in [1.29, 1.82) is 0 Å². The summed E-state index contributed by atoms with van der Waals surface area (Å²) in [6, 6.07) is 17.1. The summed E-state index contributed by atoms with van der Waals surface area (Å²) in [5.74, 6) is 0. The second-order valence-corrected chi connectivity index (χ2v) is 6.18. The molecule has 0 fully saturated rings. The molecule has 2 nitrogen and oxygen atoms in total. The van der Waals surface area contributed by atoms with Crippen molar-refractivity contribution in [2.75, 3.05) is 13.6 Å². The second-order valence-electron chi connectivity index (χ2n) is 5.75. The summed E-state index contributed by atoms with van der Waals surface area (Å²) in [7, 11) is 2.19. The van der Waals surface area contributed by atoms with Crippen LogP contribution < -0.4 is 0 Å². The van der Waals surface area contributed by atoms with Crippen LogP contribution in [0.25, 0.3) is 10.9 Å².